The third kappa shape index (κ3) is 6.12. The molecule has 0 saturated carbocycles. The Kier molecular flexibility index (Phi) is 8.37. The molecule has 3 rings (SSSR count). The summed E-state index contributed by atoms with van der Waals surface area (Å²) in [5.41, 5.74) is 8.19. The number of esters is 1. The maximum absolute atomic E-state index is 13.0. The molecule has 0 aromatic heterocycles. The van der Waals surface area contributed by atoms with Gasteiger partial charge < -0.3 is 20.5 Å². The van der Waals surface area contributed by atoms with Crippen molar-refractivity contribution in [2.75, 3.05) is 24.3 Å². The standard InChI is InChI=1S/C30H34N2O3/c1-7-8-26(33)18-31-24-13-9-22(10-14-24)27-17-20(4)28(29(21(27)5)30(34)35-6)23-11-15-25(16-12-23)32-19(2)3/h7-17,19,31-33H,1,18H2,2-6H3/b26-8-. The number of methoxy groups -OCH3 is 1. The summed E-state index contributed by atoms with van der Waals surface area (Å²) >= 11 is 0. The molecule has 5 heteroatoms. The van der Waals surface area contributed by atoms with Crippen molar-refractivity contribution in [1.29, 1.82) is 0 Å². The summed E-state index contributed by atoms with van der Waals surface area (Å²) in [6.07, 6.45) is 3.10. The zero-order valence-corrected chi connectivity index (χ0v) is 21.1. The first kappa shape index (κ1) is 25.6. The second kappa shape index (κ2) is 11.4. The van der Waals surface area contributed by atoms with Crippen LogP contribution in [0.4, 0.5) is 11.4 Å². The van der Waals surface area contributed by atoms with Gasteiger partial charge in [0.25, 0.3) is 0 Å². The summed E-state index contributed by atoms with van der Waals surface area (Å²) in [6.45, 7) is 12.1. The van der Waals surface area contributed by atoms with Gasteiger partial charge in [-0.25, -0.2) is 4.79 Å². The van der Waals surface area contributed by atoms with Gasteiger partial charge in [0.05, 0.1) is 19.2 Å². The number of carbonyl (C=O) groups is 1. The predicted molar refractivity (Wildman–Crippen MR) is 146 cm³/mol. The van der Waals surface area contributed by atoms with Gasteiger partial charge in [-0.05, 0) is 91.4 Å². The van der Waals surface area contributed by atoms with Crippen LogP contribution < -0.4 is 10.6 Å². The molecule has 0 aliphatic heterocycles. The van der Waals surface area contributed by atoms with Crippen LogP contribution in [0.5, 0.6) is 0 Å². The highest BCUT2D eigenvalue weighted by Crippen LogP contribution is 2.37. The number of hydrogen-bond donors (Lipinski definition) is 3. The number of aliphatic hydroxyl groups is 1. The summed E-state index contributed by atoms with van der Waals surface area (Å²) in [5, 5.41) is 16.3. The number of allylic oxidation sites excluding steroid dienone is 2. The quantitative estimate of drug-likeness (QED) is 0.174. The maximum atomic E-state index is 13.0. The van der Waals surface area contributed by atoms with Crippen molar-refractivity contribution in [3.63, 3.8) is 0 Å². The molecule has 0 unspecified atom stereocenters. The minimum absolute atomic E-state index is 0.210. The minimum atomic E-state index is -0.352. The SMILES string of the molecule is C=C/C=C(\O)CNc1ccc(-c2cc(C)c(-c3ccc(NC(C)C)cc3)c(C(=O)OC)c2C)cc1. The molecule has 0 aliphatic rings. The van der Waals surface area contributed by atoms with Crippen LogP contribution in [0.1, 0.15) is 35.3 Å². The number of aliphatic hydroxyl groups excluding tert-OH is 1. The monoisotopic (exact) mass is 470 g/mol. The number of rotatable bonds is 9. The van der Waals surface area contributed by atoms with Gasteiger partial charge in [-0.15, -0.1) is 0 Å². The molecule has 0 bridgehead atoms. The molecule has 182 valence electrons. The first-order valence-electron chi connectivity index (χ1n) is 11.7. The molecular formula is C30H34N2O3. The largest absolute Gasteiger partial charge is 0.510 e. The first-order valence-corrected chi connectivity index (χ1v) is 11.7. The van der Waals surface area contributed by atoms with Crippen LogP contribution >= 0.6 is 0 Å². The minimum Gasteiger partial charge on any atom is -0.510 e. The highest BCUT2D eigenvalue weighted by molar-refractivity contribution is 6.02. The molecule has 0 fully saturated rings. The van der Waals surface area contributed by atoms with Gasteiger partial charge in [0.15, 0.2) is 0 Å². The molecule has 0 saturated heterocycles. The molecule has 5 nitrogen and oxygen atoms in total. The summed E-state index contributed by atoms with van der Waals surface area (Å²) < 4.78 is 5.20. The Bertz CT molecular complexity index is 1220. The molecule has 0 amide bonds. The van der Waals surface area contributed by atoms with Crippen molar-refractivity contribution in [2.45, 2.75) is 33.7 Å². The van der Waals surface area contributed by atoms with E-state index in [-0.39, 0.29) is 11.7 Å². The van der Waals surface area contributed by atoms with Crippen LogP contribution in [0.25, 0.3) is 22.3 Å². The summed E-state index contributed by atoms with van der Waals surface area (Å²) in [5.74, 6) is -0.142. The number of anilines is 2. The highest BCUT2D eigenvalue weighted by Gasteiger charge is 2.22. The number of hydrogen-bond acceptors (Lipinski definition) is 5. The van der Waals surface area contributed by atoms with E-state index < -0.39 is 0 Å². The van der Waals surface area contributed by atoms with Gasteiger partial charge in [0.2, 0.25) is 0 Å². The van der Waals surface area contributed by atoms with Crippen LogP contribution in [-0.4, -0.2) is 30.8 Å². The van der Waals surface area contributed by atoms with Crippen LogP contribution in [0, 0.1) is 13.8 Å². The van der Waals surface area contributed by atoms with E-state index in [2.05, 4.69) is 37.1 Å². The molecule has 3 aromatic carbocycles. The summed E-state index contributed by atoms with van der Waals surface area (Å²) in [7, 11) is 1.42. The van der Waals surface area contributed by atoms with Gasteiger partial charge in [-0.1, -0.05) is 43.0 Å². The van der Waals surface area contributed by atoms with Gasteiger partial charge in [0.1, 0.15) is 5.76 Å². The van der Waals surface area contributed by atoms with Crippen molar-refractivity contribution in [2.24, 2.45) is 0 Å². The van der Waals surface area contributed by atoms with Crippen LogP contribution in [-0.2, 0) is 4.74 Å². The molecule has 0 spiro atoms. The summed E-state index contributed by atoms with van der Waals surface area (Å²) in [6, 6.07) is 18.5. The van der Waals surface area contributed by atoms with E-state index in [1.54, 1.807) is 12.2 Å². The Morgan fingerprint density at radius 1 is 1.03 bits per heavy atom. The lowest BCUT2D eigenvalue weighted by Gasteiger charge is -2.19. The normalized spacial score (nSPS) is 11.3. The topological polar surface area (TPSA) is 70.6 Å². The zero-order valence-electron chi connectivity index (χ0n) is 21.1. The molecule has 3 N–H and O–H groups in total. The number of carbonyl (C=O) groups excluding carboxylic acids is 1. The molecule has 0 radical (unpaired) electrons. The van der Waals surface area contributed by atoms with E-state index in [1.807, 2.05) is 62.4 Å². The lowest BCUT2D eigenvalue weighted by atomic mass is 9.86. The van der Waals surface area contributed by atoms with Crippen molar-refractivity contribution in [3.8, 4) is 22.3 Å². The lowest BCUT2D eigenvalue weighted by Crippen LogP contribution is -2.10. The molecule has 0 heterocycles. The number of benzene rings is 3. The van der Waals surface area contributed by atoms with Gasteiger partial charge >= 0.3 is 5.97 Å². The molecule has 35 heavy (non-hydrogen) atoms. The Morgan fingerprint density at radius 3 is 2.20 bits per heavy atom. The van der Waals surface area contributed by atoms with E-state index >= 15 is 0 Å². The maximum Gasteiger partial charge on any atom is 0.338 e. The highest BCUT2D eigenvalue weighted by atomic mass is 16.5. The molecule has 0 aliphatic carbocycles. The second-order valence-corrected chi connectivity index (χ2v) is 8.81. The Labute approximate surface area is 208 Å². The molecule has 3 aromatic rings. The smallest absolute Gasteiger partial charge is 0.338 e. The fourth-order valence-corrected chi connectivity index (χ4v) is 4.17. The van der Waals surface area contributed by atoms with E-state index in [0.717, 1.165) is 44.8 Å². The van der Waals surface area contributed by atoms with Crippen LogP contribution in [0.2, 0.25) is 0 Å². The fraction of sp³-hybridized carbons (Fsp3) is 0.233. The van der Waals surface area contributed by atoms with Gasteiger partial charge in [-0.3, -0.25) is 0 Å². The van der Waals surface area contributed by atoms with E-state index in [4.69, 9.17) is 4.74 Å². The van der Waals surface area contributed by atoms with Crippen LogP contribution in [0.3, 0.4) is 0 Å². The van der Waals surface area contributed by atoms with Crippen molar-refractivity contribution in [1.82, 2.24) is 0 Å². The van der Waals surface area contributed by atoms with E-state index in [9.17, 15) is 9.90 Å². The zero-order chi connectivity index (χ0) is 25.5. The third-order valence-electron chi connectivity index (χ3n) is 5.78. The Balaban J connectivity index is 2.01. The Hall–Kier alpha value is -3.99. The average molecular weight is 471 g/mol. The Morgan fingerprint density at radius 2 is 1.63 bits per heavy atom. The number of nitrogens with one attached hydrogen (secondary N) is 2. The van der Waals surface area contributed by atoms with Crippen molar-refractivity contribution in [3.05, 3.63) is 95.8 Å². The lowest BCUT2D eigenvalue weighted by molar-refractivity contribution is 0.0600. The fourth-order valence-electron chi connectivity index (χ4n) is 4.17. The van der Waals surface area contributed by atoms with Crippen LogP contribution in [0.15, 0.2) is 79.1 Å². The van der Waals surface area contributed by atoms with Gasteiger partial charge in [-0.2, -0.15) is 0 Å². The molecular weight excluding hydrogens is 436 g/mol. The summed E-state index contributed by atoms with van der Waals surface area (Å²) in [4.78, 5) is 13.0. The second-order valence-electron chi connectivity index (χ2n) is 8.81. The van der Waals surface area contributed by atoms with E-state index in [1.165, 1.54) is 7.11 Å². The molecule has 0 atom stereocenters. The van der Waals surface area contributed by atoms with Crippen molar-refractivity contribution >= 4 is 17.3 Å². The number of ether oxygens (including phenoxy) is 1. The number of aryl methyl sites for hydroxylation is 1. The predicted octanol–water partition coefficient (Wildman–Crippen LogP) is 7.28. The first-order chi connectivity index (χ1) is 16.7. The van der Waals surface area contributed by atoms with Gasteiger partial charge in [0, 0.05) is 17.4 Å². The third-order valence-corrected chi connectivity index (χ3v) is 5.78. The van der Waals surface area contributed by atoms with E-state index in [0.29, 0.717) is 18.2 Å². The van der Waals surface area contributed by atoms with Crippen molar-refractivity contribution < 1.29 is 14.6 Å². The average Bonchev–Trinajstić information content (AvgIpc) is 2.84.